The molecular weight excluding hydrogens is 212 g/mol. The molecule has 5 heteroatoms. The van der Waals surface area contributed by atoms with E-state index >= 15 is 0 Å². The second-order valence-electron chi connectivity index (χ2n) is 3.44. The number of benzene rings is 1. The summed E-state index contributed by atoms with van der Waals surface area (Å²) >= 11 is 0. The van der Waals surface area contributed by atoms with Crippen molar-refractivity contribution in [1.82, 2.24) is 0 Å². The summed E-state index contributed by atoms with van der Waals surface area (Å²) in [5, 5.41) is 8.88. The van der Waals surface area contributed by atoms with E-state index in [0.717, 1.165) is 5.56 Å². The molecule has 0 fully saturated rings. The highest BCUT2D eigenvalue weighted by atomic mass is 16.6. The molecule has 1 aliphatic heterocycles. The Bertz CT molecular complexity index is 427. The van der Waals surface area contributed by atoms with E-state index in [0.29, 0.717) is 23.7 Å². The fourth-order valence-electron chi connectivity index (χ4n) is 1.75. The van der Waals surface area contributed by atoms with Gasteiger partial charge in [-0.2, -0.15) is 0 Å². The van der Waals surface area contributed by atoms with Crippen LogP contribution >= 0.6 is 0 Å². The third-order valence-electron chi connectivity index (χ3n) is 2.52. The lowest BCUT2D eigenvalue weighted by Gasteiger charge is -2.11. The zero-order valence-electron chi connectivity index (χ0n) is 9.02. The van der Waals surface area contributed by atoms with Crippen LogP contribution in [0.4, 0.5) is 0 Å². The maximum absolute atomic E-state index is 10.8. The molecule has 1 aromatic rings. The Morgan fingerprint density at radius 1 is 1.44 bits per heavy atom. The van der Waals surface area contributed by atoms with Crippen LogP contribution in [0.25, 0.3) is 0 Å². The van der Waals surface area contributed by atoms with E-state index in [4.69, 9.17) is 19.3 Å². The van der Waals surface area contributed by atoms with Crippen molar-refractivity contribution in [3.8, 4) is 17.2 Å². The molecule has 1 atom stereocenters. The first-order valence-electron chi connectivity index (χ1n) is 4.80. The van der Waals surface area contributed by atoms with Crippen LogP contribution in [0.3, 0.4) is 0 Å². The molecule has 1 unspecified atom stereocenters. The molecule has 1 N–H and O–H groups in total. The van der Waals surface area contributed by atoms with Gasteiger partial charge in [0.25, 0.3) is 0 Å². The highest BCUT2D eigenvalue weighted by molar-refractivity contribution is 5.75. The van der Waals surface area contributed by atoms with Gasteiger partial charge in [-0.15, -0.1) is 0 Å². The minimum Gasteiger partial charge on any atom is -0.493 e. The average molecular weight is 224 g/mol. The van der Waals surface area contributed by atoms with E-state index < -0.39 is 12.1 Å². The van der Waals surface area contributed by atoms with E-state index in [9.17, 15) is 4.79 Å². The van der Waals surface area contributed by atoms with E-state index in [1.807, 2.05) is 0 Å². The summed E-state index contributed by atoms with van der Waals surface area (Å²) in [6.07, 6.45) is -0.485. The zero-order chi connectivity index (χ0) is 11.7. The standard InChI is InChI=1S/C11H12O5/c1-14-7-4-3-6-5-8(11(12)13)16-9(6)10(7)15-2/h3-4,8H,5H2,1-2H3,(H,12,13). The lowest BCUT2D eigenvalue weighted by molar-refractivity contribution is -0.144. The number of carbonyl (C=O) groups is 1. The Hall–Kier alpha value is -1.91. The van der Waals surface area contributed by atoms with Crippen LogP contribution in [-0.2, 0) is 11.2 Å². The summed E-state index contributed by atoms with van der Waals surface area (Å²) < 4.78 is 15.6. The SMILES string of the molecule is COc1ccc2c(c1OC)OC(C(=O)O)C2. The van der Waals surface area contributed by atoms with E-state index in [1.54, 1.807) is 12.1 Å². The van der Waals surface area contributed by atoms with Gasteiger partial charge in [0.05, 0.1) is 14.2 Å². The topological polar surface area (TPSA) is 65.0 Å². The van der Waals surface area contributed by atoms with E-state index in [1.165, 1.54) is 14.2 Å². The molecule has 2 rings (SSSR count). The molecule has 16 heavy (non-hydrogen) atoms. The van der Waals surface area contributed by atoms with Gasteiger partial charge in [-0.25, -0.2) is 4.79 Å². The first-order chi connectivity index (χ1) is 7.67. The molecule has 0 amide bonds. The first-order valence-corrected chi connectivity index (χ1v) is 4.80. The molecular formula is C11H12O5. The van der Waals surface area contributed by atoms with Gasteiger partial charge in [0.15, 0.2) is 17.6 Å². The lowest BCUT2D eigenvalue weighted by Crippen LogP contribution is -2.24. The van der Waals surface area contributed by atoms with Crippen molar-refractivity contribution in [2.24, 2.45) is 0 Å². The van der Waals surface area contributed by atoms with Gasteiger partial charge >= 0.3 is 5.97 Å². The molecule has 1 heterocycles. The maximum Gasteiger partial charge on any atom is 0.345 e. The Morgan fingerprint density at radius 3 is 2.75 bits per heavy atom. The number of hydrogen-bond acceptors (Lipinski definition) is 4. The van der Waals surface area contributed by atoms with Crippen LogP contribution in [0.15, 0.2) is 12.1 Å². The number of aliphatic carboxylic acids is 1. The van der Waals surface area contributed by atoms with Gasteiger partial charge in [0, 0.05) is 12.0 Å². The minimum atomic E-state index is -0.975. The van der Waals surface area contributed by atoms with Crippen molar-refractivity contribution < 1.29 is 24.1 Å². The third-order valence-corrected chi connectivity index (χ3v) is 2.52. The van der Waals surface area contributed by atoms with Crippen molar-refractivity contribution in [3.63, 3.8) is 0 Å². The fourth-order valence-corrected chi connectivity index (χ4v) is 1.75. The van der Waals surface area contributed by atoms with Crippen LogP contribution in [0.2, 0.25) is 0 Å². The van der Waals surface area contributed by atoms with Crippen LogP contribution in [0, 0.1) is 0 Å². The first kappa shape index (κ1) is 10.6. The normalized spacial score (nSPS) is 17.5. The highest BCUT2D eigenvalue weighted by Gasteiger charge is 2.32. The molecule has 0 bridgehead atoms. The third kappa shape index (κ3) is 1.54. The number of rotatable bonds is 3. The van der Waals surface area contributed by atoms with Gasteiger partial charge in [0.2, 0.25) is 5.75 Å². The molecule has 1 aliphatic rings. The highest BCUT2D eigenvalue weighted by Crippen LogP contribution is 2.44. The van der Waals surface area contributed by atoms with Crippen LogP contribution in [-0.4, -0.2) is 31.4 Å². The van der Waals surface area contributed by atoms with Gasteiger partial charge in [-0.3, -0.25) is 0 Å². The quantitative estimate of drug-likeness (QED) is 0.832. The Labute approximate surface area is 92.5 Å². The second-order valence-corrected chi connectivity index (χ2v) is 3.44. The monoisotopic (exact) mass is 224 g/mol. The molecule has 0 saturated heterocycles. The maximum atomic E-state index is 10.8. The zero-order valence-corrected chi connectivity index (χ0v) is 9.02. The number of fused-ring (bicyclic) bond motifs is 1. The lowest BCUT2D eigenvalue weighted by atomic mass is 10.1. The Balaban J connectivity index is 2.41. The molecule has 5 nitrogen and oxygen atoms in total. The minimum absolute atomic E-state index is 0.352. The summed E-state index contributed by atoms with van der Waals surface area (Å²) in [4.78, 5) is 10.8. The van der Waals surface area contributed by atoms with Crippen molar-refractivity contribution in [3.05, 3.63) is 17.7 Å². The van der Waals surface area contributed by atoms with Crippen molar-refractivity contribution in [2.75, 3.05) is 14.2 Å². The molecule has 0 spiro atoms. The summed E-state index contributed by atoms with van der Waals surface area (Å²) in [6, 6.07) is 3.53. The predicted molar refractivity (Wildman–Crippen MR) is 55.3 cm³/mol. The fraction of sp³-hybridized carbons (Fsp3) is 0.364. The van der Waals surface area contributed by atoms with E-state index in [-0.39, 0.29) is 0 Å². The summed E-state index contributed by atoms with van der Waals surface area (Å²) in [5.41, 5.74) is 0.824. The van der Waals surface area contributed by atoms with Crippen LogP contribution in [0.5, 0.6) is 17.2 Å². The number of ether oxygens (including phenoxy) is 3. The van der Waals surface area contributed by atoms with Crippen LogP contribution < -0.4 is 14.2 Å². The predicted octanol–water partition coefficient (Wildman–Crippen LogP) is 1.09. The molecule has 0 aromatic heterocycles. The van der Waals surface area contributed by atoms with Crippen molar-refractivity contribution in [2.45, 2.75) is 12.5 Å². The number of carboxylic acids is 1. The van der Waals surface area contributed by atoms with Gasteiger partial charge in [-0.1, -0.05) is 6.07 Å². The molecule has 86 valence electrons. The van der Waals surface area contributed by atoms with Crippen LogP contribution in [0.1, 0.15) is 5.56 Å². The number of methoxy groups -OCH3 is 2. The second kappa shape index (κ2) is 3.92. The molecule has 0 saturated carbocycles. The molecule has 1 aromatic carbocycles. The Morgan fingerprint density at radius 2 is 2.19 bits per heavy atom. The van der Waals surface area contributed by atoms with Gasteiger partial charge in [-0.05, 0) is 6.07 Å². The largest absolute Gasteiger partial charge is 0.493 e. The average Bonchev–Trinajstić information content (AvgIpc) is 2.71. The van der Waals surface area contributed by atoms with Gasteiger partial charge < -0.3 is 19.3 Å². The molecule has 0 radical (unpaired) electrons. The van der Waals surface area contributed by atoms with Crippen molar-refractivity contribution in [1.29, 1.82) is 0 Å². The smallest absolute Gasteiger partial charge is 0.345 e. The summed E-state index contributed by atoms with van der Waals surface area (Å²) in [7, 11) is 3.02. The van der Waals surface area contributed by atoms with Gasteiger partial charge in [0.1, 0.15) is 0 Å². The summed E-state index contributed by atoms with van der Waals surface area (Å²) in [6.45, 7) is 0. The molecule has 0 aliphatic carbocycles. The Kier molecular flexibility index (Phi) is 2.60. The summed E-state index contributed by atoms with van der Waals surface area (Å²) in [5.74, 6) is 0.475. The van der Waals surface area contributed by atoms with Crippen molar-refractivity contribution >= 4 is 5.97 Å². The number of carboxylic acid groups (broad SMARTS) is 1. The van der Waals surface area contributed by atoms with E-state index in [2.05, 4.69) is 0 Å². The number of hydrogen-bond donors (Lipinski definition) is 1.